The lowest BCUT2D eigenvalue weighted by Crippen LogP contribution is -1.91. The average Bonchev–Trinajstić information content (AvgIpc) is 3.82. The SMILES string of the molecule is c1ccc2c(-c3c4ccccc4c(-c4ccc(-c5cc6ccc7oc8ccccc8c7c6c6c5oc5ccccc56)cc4)c4ccccc34)cccc2c1. The Hall–Kier alpha value is -7.16. The van der Waals surface area contributed by atoms with E-state index in [1.54, 1.807) is 0 Å². The Labute approximate surface area is 310 Å². The minimum atomic E-state index is 0.881. The molecule has 0 fully saturated rings. The maximum Gasteiger partial charge on any atom is 0.143 e. The Balaban J connectivity index is 1.10. The topological polar surface area (TPSA) is 26.3 Å². The Kier molecular flexibility index (Phi) is 6.09. The van der Waals surface area contributed by atoms with Crippen LogP contribution in [0, 0.1) is 0 Å². The summed E-state index contributed by atoms with van der Waals surface area (Å²) in [4.78, 5) is 0. The second-order valence-electron chi connectivity index (χ2n) is 14.3. The first-order chi connectivity index (χ1) is 26.8. The Morgan fingerprint density at radius 3 is 1.52 bits per heavy atom. The van der Waals surface area contributed by atoms with Gasteiger partial charge in [0.15, 0.2) is 0 Å². The smallest absolute Gasteiger partial charge is 0.143 e. The molecule has 0 aliphatic rings. The predicted molar refractivity (Wildman–Crippen MR) is 227 cm³/mol. The van der Waals surface area contributed by atoms with Crippen LogP contribution >= 0.6 is 0 Å². The number of furan rings is 2. The van der Waals surface area contributed by atoms with Gasteiger partial charge in [0.25, 0.3) is 0 Å². The van der Waals surface area contributed by atoms with Gasteiger partial charge < -0.3 is 8.83 Å². The lowest BCUT2D eigenvalue weighted by Gasteiger charge is -2.19. The first-order valence-electron chi connectivity index (χ1n) is 18.5. The highest BCUT2D eigenvalue weighted by Crippen LogP contribution is 2.48. The molecule has 0 saturated heterocycles. The van der Waals surface area contributed by atoms with Crippen molar-refractivity contribution >= 4 is 87.0 Å². The van der Waals surface area contributed by atoms with E-state index >= 15 is 0 Å². The fourth-order valence-electron chi connectivity index (χ4n) is 9.13. The molecule has 0 aliphatic heterocycles. The lowest BCUT2D eigenvalue weighted by atomic mass is 9.84. The van der Waals surface area contributed by atoms with Crippen molar-refractivity contribution in [2.24, 2.45) is 0 Å². The number of hydrogen-bond donors (Lipinski definition) is 0. The lowest BCUT2D eigenvalue weighted by molar-refractivity contribution is 0.669. The largest absolute Gasteiger partial charge is 0.456 e. The minimum absolute atomic E-state index is 0.881. The van der Waals surface area contributed by atoms with Crippen LogP contribution in [0.4, 0.5) is 0 Å². The molecule has 0 amide bonds. The third-order valence-electron chi connectivity index (χ3n) is 11.4. The normalized spacial score (nSPS) is 12.1. The van der Waals surface area contributed by atoms with Crippen molar-refractivity contribution in [1.29, 1.82) is 0 Å². The average molecular weight is 687 g/mol. The third-order valence-corrected chi connectivity index (χ3v) is 11.4. The van der Waals surface area contributed by atoms with Gasteiger partial charge in [-0.2, -0.15) is 0 Å². The van der Waals surface area contributed by atoms with Crippen LogP contribution in [-0.2, 0) is 0 Å². The van der Waals surface area contributed by atoms with E-state index in [9.17, 15) is 0 Å². The van der Waals surface area contributed by atoms with Gasteiger partial charge in [-0.15, -0.1) is 0 Å². The quantitative estimate of drug-likeness (QED) is 0.173. The molecular weight excluding hydrogens is 657 g/mol. The Bertz CT molecular complexity index is 3430. The zero-order valence-corrected chi connectivity index (χ0v) is 29.1. The van der Waals surface area contributed by atoms with E-state index in [1.165, 1.54) is 60.0 Å². The summed E-state index contributed by atoms with van der Waals surface area (Å²) < 4.78 is 13.1. The molecule has 0 bridgehead atoms. The molecule has 0 unspecified atom stereocenters. The molecule has 0 N–H and O–H groups in total. The minimum Gasteiger partial charge on any atom is -0.456 e. The summed E-state index contributed by atoms with van der Waals surface area (Å²) in [5, 5.41) is 14.3. The molecule has 0 aliphatic carbocycles. The molecule has 2 aromatic heterocycles. The van der Waals surface area contributed by atoms with Gasteiger partial charge in [0, 0.05) is 32.5 Å². The number of para-hydroxylation sites is 2. The molecule has 2 heterocycles. The second kappa shape index (κ2) is 11.2. The number of hydrogen-bond acceptors (Lipinski definition) is 2. The molecule has 54 heavy (non-hydrogen) atoms. The van der Waals surface area contributed by atoms with E-state index in [0.717, 1.165) is 60.4 Å². The van der Waals surface area contributed by atoms with E-state index in [1.807, 2.05) is 18.2 Å². The second-order valence-corrected chi connectivity index (χ2v) is 14.3. The number of rotatable bonds is 3. The fraction of sp³-hybridized carbons (Fsp3) is 0. The summed E-state index contributed by atoms with van der Waals surface area (Å²) in [6, 6.07) is 65.5. The van der Waals surface area contributed by atoms with E-state index in [2.05, 4.69) is 164 Å². The van der Waals surface area contributed by atoms with Gasteiger partial charge in [-0.3, -0.25) is 0 Å². The molecule has 0 spiro atoms. The van der Waals surface area contributed by atoms with Crippen molar-refractivity contribution in [2.75, 3.05) is 0 Å². The van der Waals surface area contributed by atoms with E-state index < -0.39 is 0 Å². The van der Waals surface area contributed by atoms with Gasteiger partial charge in [-0.05, 0) is 89.8 Å². The van der Waals surface area contributed by atoms with Crippen molar-refractivity contribution in [2.45, 2.75) is 0 Å². The van der Waals surface area contributed by atoms with Crippen molar-refractivity contribution in [3.8, 4) is 33.4 Å². The number of fused-ring (bicyclic) bond motifs is 12. The standard InChI is InChI=1S/C52H30O2/c1-2-14-35-31(12-1)13-11-21-36(35)49-39-17-5-3-15-37(39)47(38-16-4-6-18-40(38)49)33-26-24-32(25-27-33)43-30-34-28-29-46-50(41-19-7-9-22-44(41)53-46)48(34)51-42-20-8-10-23-45(42)54-52(43)51/h1-30H. The highest BCUT2D eigenvalue weighted by molar-refractivity contribution is 6.33. The van der Waals surface area contributed by atoms with Gasteiger partial charge in [-0.25, -0.2) is 0 Å². The Morgan fingerprint density at radius 2 is 0.815 bits per heavy atom. The maximum atomic E-state index is 6.77. The summed E-state index contributed by atoms with van der Waals surface area (Å²) >= 11 is 0. The predicted octanol–water partition coefficient (Wildman–Crippen LogP) is 15.1. The van der Waals surface area contributed by atoms with Crippen LogP contribution in [0.5, 0.6) is 0 Å². The third kappa shape index (κ3) is 4.11. The van der Waals surface area contributed by atoms with Crippen LogP contribution in [0.1, 0.15) is 0 Å². The Morgan fingerprint density at radius 1 is 0.278 bits per heavy atom. The van der Waals surface area contributed by atoms with Crippen LogP contribution in [0.15, 0.2) is 191 Å². The summed E-state index contributed by atoms with van der Waals surface area (Å²) in [5.41, 5.74) is 10.7. The first-order valence-corrected chi connectivity index (χ1v) is 18.5. The molecule has 0 atom stereocenters. The molecule has 0 saturated carbocycles. The van der Waals surface area contributed by atoms with Gasteiger partial charge in [0.05, 0.1) is 0 Å². The maximum absolute atomic E-state index is 6.77. The first kappa shape index (κ1) is 29.4. The molecule has 2 nitrogen and oxygen atoms in total. The molecular formula is C52H30O2. The molecule has 12 rings (SSSR count). The van der Waals surface area contributed by atoms with E-state index in [4.69, 9.17) is 8.83 Å². The number of benzene rings is 10. The monoisotopic (exact) mass is 686 g/mol. The van der Waals surface area contributed by atoms with Crippen molar-refractivity contribution in [3.05, 3.63) is 182 Å². The highest BCUT2D eigenvalue weighted by Gasteiger charge is 2.22. The van der Waals surface area contributed by atoms with Crippen LogP contribution in [-0.4, -0.2) is 0 Å². The van der Waals surface area contributed by atoms with Gasteiger partial charge in [0.2, 0.25) is 0 Å². The molecule has 10 aromatic carbocycles. The highest BCUT2D eigenvalue weighted by atomic mass is 16.3. The van der Waals surface area contributed by atoms with Crippen LogP contribution in [0.3, 0.4) is 0 Å². The zero-order chi connectivity index (χ0) is 35.3. The van der Waals surface area contributed by atoms with E-state index in [-0.39, 0.29) is 0 Å². The molecule has 12 aromatic rings. The van der Waals surface area contributed by atoms with Crippen LogP contribution in [0.2, 0.25) is 0 Å². The summed E-state index contributed by atoms with van der Waals surface area (Å²) in [5.74, 6) is 0. The van der Waals surface area contributed by atoms with Crippen molar-refractivity contribution in [3.63, 3.8) is 0 Å². The summed E-state index contributed by atoms with van der Waals surface area (Å²) in [6.45, 7) is 0. The van der Waals surface area contributed by atoms with Gasteiger partial charge >= 0.3 is 0 Å². The van der Waals surface area contributed by atoms with Crippen LogP contribution < -0.4 is 0 Å². The van der Waals surface area contributed by atoms with Crippen molar-refractivity contribution in [1.82, 2.24) is 0 Å². The van der Waals surface area contributed by atoms with Gasteiger partial charge in [0.1, 0.15) is 22.3 Å². The fourth-order valence-corrected chi connectivity index (χ4v) is 9.13. The summed E-state index contributed by atoms with van der Waals surface area (Å²) in [6.07, 6.45) is 0. The van der Waals surface area contributed by atoms with E-state index in [0.29, 0.717) is 0 Å². The van der Waals surface area contributed by atoms with Gasteiger partial charge in [-0.1, -0.05) is 158 Å². The molecule has 0 radical (unpaired) electrons. The van der Waals surface area contributed by atoms with Crippen molar-refractivity contribution < 1.29 is 8.83 Å². The molecule has 250 valence electrons. The molecule has 2 heteroatoms. The summed E-state index contributed by atoms with van der Waals surface area (Å²) in [7, 11) is 0. The zero-order valence-electron chi connectivity index (χ0n) is 29.1. The van der Waals surface area contributed by atoms with Crippen LogP contribution in [0.25, 0.3) is 120 Å².